The van der Waals surface area contributed by atoms with Gasteiger partial charge in [0.05, 0.1) is 0 Å². The molecule has 0 radical (unpaired) electrons. The maximum absolute atomic E-state index is 11.8. The number of aromatic amines is 1. The Morgan fingerprint density at radius 1 is 1.00 bits per heavy atom. The molecule has 1 saturated heterocycles. The quantitative estimate of drug-likeness (QED) is 0.680. The zero-order chi connectivity index (χ0) is 22.0. The molecule has 0 saturated carbocycles. The molecular formula is C23H29N7O. The van der Waals surface area contributed by atoms with Crippen molar-refractivity contribution in [2.45, 2.75) is 40.0 Å². The lowest BCUT2D eigenvalue weighted by atomic mass is 10.2. The van der Waals surface area contributed by atoms with Crippen LogP contribution in [0.1, 0.15) is 43.9 Å². The number of H-pyrrole nitrogens is 1. The van der Waals surface area contributed by atoms with Gasteiger partial charge < -0.3 is 14.8 Å². The van der Waals surface area contributed by atoms with Crippen LogP contribution in [0, 0.1) is 6.92 Å². The van der Waals surface area contributed by atoms with Crippen molar-refractivity contribution in [1.29, 1.82) is 0 Å². The van der Waals surface area contributed by atoms with Gasteiger partial charge in [-0.1, -0.05) is 20.8 Å². The maximum Gasteiger partial charge on any atom is 0.251 e. The standard InChI is InChI=1S/C23H29N7O/c1-5-18-13-21(31)28-23(26-18)17-6-7-19(24-14-17)29-8-10-30(11-9-29)20-12-16(4)25-22(27-20)15(2)3/h6-7,12-15H,5,8-11H2,1-4H3,(H,26,28,31). The van der Waals surface area contributed by atoms with Crippen molar-refractivity contribution in [3.05, 3.63) is 58.0 Å². The van der Waals surface area contributed by atoms with Gasteiger partial charge in [0.2, 0.25) is 0 Å². The second-order valence-electron chi connectivity index (χ2n) is 8.20. The fourth-order valence-corrected chi connectivity index (χ4v) is 3.70. The van der Waals surface area contributed by atoms with E-state index in [-0.39, 0.29) is 5.56 Å². The minimum atomic E-state index is -0.136. The van der Waals surface area contributed by atoms with Gasteiger partial charge in [-0.3, -0.25) is 4.79 Å². The van der Waals surface area contributed by atoms with Crippen LogP contribution in [-0.2, 0) is 6.42 Å². The minimum Gasteiger partial charge on any atom is -0.353 e. The average Bonchev–Trinajstić information content (AvgIpc) is 2.78. The molecule has 3 aromatic rings. The summed E-state index contributed by atoms with van der Waals surface area (Å²) in [6.07, 6.45) is 2.50. The van der Waals surface area contributed by atoms with Crippen LogP contribution >= 0.6 is 0 Å². The highest BCUT2D eigenvalue weighted by Crippen LogP contribution is 2.22. The Kier molecular flexibility index (Phi) is 5.97. The number of nitrogens with zero attached hydrogens (tertiary/aromatic N) is 6. The SMILES string of the molecule is CCc1cc(=O)[nH]c(-c2ccc(N3CCN(c4cc(C)nc(C(C)C)n4)CC3)nc2)n1. The van der Waals surface area contributed by atoms with Gasteiger partial charge in [0, 0.05) is 67.4 Å². The van der Waals surface area contributed by atoms with Crippen molar-refractivity contribution < 1.29 is 0 Å². The summed E-state index contributed by atoms with van der Waals surface area (Å²) < 4.78 is 0. The summed E-state index contributed by atoms with van der Waals surface area (Å²) in [6.45, 7) is 11.7. The van der Waals surface area contributed by atoms with E-state index in [4.69, 9.17) is 4.98 Å². The zero-order valence-electron chi connectivity index (χ0n) is 18.6. The molecule has 0 atom stereocenters. The molecular weight excluding hydrogens is 390 g/mol. The van der Waals surface area contributed by atoms with Gasteiger partial charge in [-0.05, 0) is 25.5 Å². The molecule has 0 aromatic carbocycles. The van der Waals surface area contributed by atoms with Crippen molar-refractivity contribution in [3.63, 3.8) is 0 Å². The molecule has 0 amide bonds. The number of rotatable bonds is 5. The summed E-state index contributed by atoms with van der Waals surface area (Å²) in [5.74, 6) is 3.70. The van der Waals surface area contributed by atoms with Crippen LogP contribution in [0.5, 0.6) is 0 Å². The first-order chi connectivity index (χ1) is 14.9. The van der Waals surface area contributed by atoms with Gasteiger partial charge in [0.1, 0.15) is 23.3 Å². The highest BCUT2D eigenvalue weighted by Gasteiger charge is 2.20. The number of nitrogens with one attached hydrogen (secondary N) is 1. The van der Waals surface area contributed by atoms with Crippen LogP contribution in [0.15, 0.2) is 35.3 Å². The molecule has 4 heterocycles. The Morgan fingerprint density at radius 3 is 2.32 bits per heavy atom. The van der Waals surface area contributed by atoms with Gasteiger partial charge in [-0.2, -0.15) is 0 Å². The monoisotopic (exact) mass is 419 g/mol. The van der Waals surface area contributed by atoms with E-state index in [9.17, 15) is 4.79 Å². The lowest BCUT2D eigenvalue weighted by Gasteiger charge is -2.36. The molecule has 8 heteroatoms. The molecule has 0 bridgehead atoms. The summed E-state index contributed by atoms with van der Waals surface area (Å²) in [5.41, 5.74) is 2.46. The van der Waals surface area contributed by atoms with Gasteiger partial charge in [0.25, 0.3) is 5.56 Å². The van der Waals surface area contributed by atoms with Gasteiger partial charge in [-0.15, -0.1) is 0 Å². The molecule has 1 aliphatic rings. The first-order valence-corrected chi connectivity index (χ1v) is 10.8. The van der Waals surface area contributed by atoms with Crippen LogP contribution in [-0.4, -0.2) is 51.1 Å². The molecule has 1 N–H and O–H groups in total. The molecule has 8 nitrogen and oxygen atoms in total. The Bertz CT molecular complexity index is 1100. The number of pyridine rings is 1. The Hall–Kier alpha value is -3.29. The van der Waals surface area contributed by atoms with Crippen molar-refractivity contribution in [3.8, 4) is 11.4 Å². The van der Waals surface area contributed by atoms with Crippen LogP contribution in [0.2, 0.25) is 0 Å². The fourth-order valence-electron chi connectivity index (χ4n) is 3.70. The molecule has 4 rings (SSSR count). The van der Waals surface area contributed by atoms with Crippen LogP contribution in [0.4, 0.5) is 11.6 Å². The van der Waals surface area contributed by atoms with Crippen LogP contribution < -0.4 is 15.4 Å². The molecule has 1 fully saturated rings. The molecule has 162 valence electrons. The zero-order valence-corrected chi connectivity index (χ0v) is 18.6. The summed E-state index contributed by atoms with van der Waals surface area (Å²) in [6, 6.07) is 7.56. The van der Waals surface area contributed by atoms with E-state index in [1.54, 1.807) is 6.20 Å². The Morgan fingerprint density at radius 2 is 1.71 bits per heavy atom. The average molecular weight is 420 g/mol. The molecule has 3 aromatic heterocycles. The summed E-state index contributed by atoms with van der Waals surface area (Å²) in [5, 5.41) is 0. The summed E-state index contributed by atoms with van der Waals surface area (Å²) >= 11 is 0. The van der Waals surface area contributed by atoms with Crippen molar-refractivity contribution in [2.75, 3.05) is 36.0 Å². The second kappa shape index (κ2) is 8.83. The highest BCUT2D eigenvalue weighted by molar-refractivity contribution is 5.57. The van der Waals surface area contributed by atoms with Gasteiger partial charge in [-0.25, -0.2) is 19.9 Å². The molecule has 31 heavy (non-hydrogen) atoms. The first-order valence-electron chi connectivity index (χ1n) is 10.8. The topological polar surface area (TPSA) is 90.9 Å². The van der Waals surface area contributed by atoms with Gasteiger partial charge >= 0.3 is 0 Å². The third kappa shape index (κ3) is 4.73. The molecule has 0 spiro atoms. The molecule has 0 aliphatic carbocycles. The number of anilines is 2. The number of hydrogen-bond donors (Lipinski definition) is 1. The van der Waals surface area contributed by atoms with Crippen molar-refractivity contribution in [2.24, 2.45) is 0 Å². The Labute approximate surface area is 182 Å². The molecule has 1 aliphatic heterocycles. The largest absolute Gasteiger partial charge is 0.353 e. The van der Waals surface area contributed by atoms with E-state index < -0.39 is 0 Å². The smallest absolute Gasteiger partial charge is 0.251 e. The predicted molar refractivity (Wildman–Crippen MR) is 123 cm³/mol. The van der Waals surface area contributed by atoms with Gasteiger partial charge in [0.15, 0.2) is 0 Å². The third-order valence-corrected chi connectivity index (χ3v) is 5.48. The van der Waals surface area contributed by atoms with Crippen molar-refractivity contribution >= 4 is 11.6 Å². The Balaban J connectivity index is 1.45. The number of aryl methyl sites for hydroxylation is 2. The number of piperazine rings is 1. The van der Waals surface area contributed by atoms with E-state index in [2.05, 4.69) is 49.6 Å². The third-order valence-electron chi connectivity index (χ3n) is 5.48. The van der Waals surface area contributed by atoms with Crippen LogP contribution in [0.25, 0.3) is 11.4 Å². The molecule has 0 unspecified atom stereocenters. The summed E-state index contributed by atoms with van der Waals surface area (Å²) in [4.78, 5) is 37.7. The second-order valence-corrected chi connectivity index (χ2v) is 8.20. The van der Waals surface area contributed by atoms with Crippen LogP contribution in [0.3, 0.4) is 0 Å². The maximum atomic E-state index is 11.8. The predicted octanol–water partition coefficient (Wildman–Crippen LogP) is 2.94. The van der Waals surface area contributed by atoms with Crippen molar-refractivity contribution in [1.82, 2.24) is 24.9 Å². The van der Waals surface area contributed by atoms with E-state index >= 15 is 0 Å². The lowest BCUT2D eigenvalue weighted by molar-refractivity contribution is 0.636. The van der Waals surface area contributed by atoms with E-state index in [1.807, 2.05) is 26.0 Å². The van der Waals surface area contributed by atoms with E-state index in [0.29, 0.717) is 11.7 Å². The first kappa shape index (κ1) is 21.0. The highest BCUT2D eigenvalue weighted by atomic mass is 16.1. The lowest BCUT2D eigenvalue weighted by Crippen LogP contribution is -2.47. The van der Waals surface area contributed by atoms with E-state index in [1.165, 1.54) is 6.07 Å². The summed E-state index contributed by atoms with van der Waals surface area (Å²) in [7, 11) is 0. The normalized spacial score (nSPS) is 14.4. The minimum absolute atomic E-state index is 0.136. The number of aromatic nitrogens is 5. The van der Waals surface area contributed by atoms with E-state index in [0.717, 1.165) is 67.0 Å². The fraction of sp³-hybridized carbons (Fsp3) is 0.435. The number of hydrogen-bond acceptors (Lipinski definition) is 7.